The summed E-state index contributed by atoms with van der Waals surface area (Å²) in [5.41, 5.74) is 0. The van der Waals surface area contributed by atoms with Gasteiger partial charge in [0.25, 0.3) is 0 Å². The molecule has 0 aliphatic carbocycles. The zero-order valence-corrected chi connectivity index (χ0v) is 23.2. The molecule has 34 heavy (non-hydrogen) atoms. The Hall–Kier alpha value is -1.06. The third-order valence-electron chi connectivity index (χ3n) is 7.30. The van der Waals surface area contributed by atoms with Crippen molar-refractivity contribution in [1.82, 2.24) is 5.32 Å². The number of nitrogens with one attached hydrogen (secondary N) is 1. The number of carboxylic acid groups (broad SMARTS) is 1. The van der Waals surface area contributed by atoms with Crippen LogP contribution in [0, 0.1) is 5.92 Å². The summed E-state index contributed by atoms with van der Waals surface area (Å²) in [5.74, 6) is -1.09. The number of unbranched alkanes of at least 4 members (excludes halogenated alkanes) is 20. The highest BCUT2D eigenvalue weighted by Crippen LogP contribution is 2.15. The molecule has 0 unspecified atom stereocenters. The number of hydrogen-bond acceptors (Lipinski definition) is 2. The molecule has 0 saturated carbocycles. The van der Waals surface area contributed by atoms with E-state index in [-0.39, 0.29) is 11.8 Å². The molecule has 0 fully saturated rings. The molecule has 0 aromatic carbocycles. The third-order valence-corrected chi connectivity index (χ3v) is 7.30. The van der Waals surface area contributed by atoms with Gasteiger partial charge in [0.2, 0.25) is 5.91 Å². The predicted octanol–water partition coefficient (Wildman–Crippen LogP) is 9.20. The Morgan fingerprint density at radius 1 is 0.588 bits per heavy atom. The molecule has 1 amide bonds. The van der Waals surface area contributed by atoms with E-state index < -0.39 is 12.0 Å². The average Bonchev–Trinajstić information content (AvgIpc) is 2.82. The van der Waals surface area contributed by atoms with Crippen LogP contribution in [0.3, 0.4) is 0 Å². The maximum Gasteiger partial charge on any atom is 0.326 e. The van der Waals surface area contributed by atoms with Crippen LogP contribution < -0.4 is 5.32 Å². The number of amides is 1. The van der Waals surface area contributed by atoms with Crippen LogP contribution in [0.4, 0.5) is 0 Å². The quantitative estimate of drug-likeness (QED) is 0.121. The van der Waals surface area contributed by atoms with Crippen molar-refractivity contribution < 1.29 is 14.7 Å². The second-order valence-corrected chi connectivity index (χ2v) is 10.6. The lowest BCUT2D eigenvalue weighted by Crippen LogP contribution is -2.44. The third kappa shape index (κ3) is 21.5. The number of carbonyl (C=O) groups excluding carboxylic acids is 1. The first-order valence-electron chi connectivity index (χ1n) is 15.0. The van der Waals surface area contributed by atoms with Crippen molar-refractivity contribution in [2.45, 2.75) is 174 Å². The van der Waals surface area contributed by atoms with Crippen LogP contribution in [0.25, 0.3) is 0 Å². The number of aliphatic carboxylic acids is 1. The molecule has 0 aromatic rings. The summed E-state index contributed by atoms with van der Waals surface area (Å²) in [7, 11) is 0. The van der Waals surface area contributed by atoms with Crippen LogP contribution in [0.2, 0.25) is 0 Å². The highest BCUT2D eigenvalue weighted by molar-refractivity contribution is 5.83. The highest BCUT2D eigenvalue weighted by Gasteiger charge is 2.24. The fourth-order valence-corrected chi connectivity index (χ4v) is 4.65. The SMILES string of the molecule is CCCCCCCCCCCCCCCCCCCCCCCC(=O)N[C@H](C(=O)O)[C@@H](C)CC. The summed E-state index contributed by atoms with van der Waals surface area (Å²) in [6.07, 6.45) is 29.5. The smallest absolute Gasteiger partial charge is 0.326 e. The molecule has 0 aliphatic rings. The number of hydrogen-bond donors (Lipinski definition) is 2. The van der Waals surface area contributed by atoms with Crippen molar-refractivity contribution in [3.63, 3.8) is 0 Å². The van der Waals surface area contributed by atoms with Crippen LogP contribution in [-0.4, -0.2) is 23.0 Å². The molecule has 0 aromatic heterocycles. The molecule has 0 saturated heterocycles. The van der Waals surface area contributed by atoms with Gasteiger partial charge >= 0.3 is 5.97 Å². The lowest BCUT2D eigenvalue weighted by molar-refractivity contribution is -0.143. The van der Waals surface area contributed by atoms with Gasteiger partial charge in [0.05, 0.1) is 0 Å². The van der Waals surface area contributed by atoms with Crippen LogP contribution in [-0.2, 0) is 9.59 Å². The summed E-state index contributed by atoms with van der Waals surface area (Å²) < 4.78 is 0. The van der Waals surface area contributed by atoms with Gasteiger partial charge in [-0.05, 0) is 12.3 Å². The van der Waals surface area contributed by atoms with Gasteiger partial charge in [-0.25, -0.2) is 4.79 Å². The van der Waals surface area contributed by atoms with Crippen LogP contribution in [0.1, 0.15) is 168 Å². The summed E-state index contributed by atoms with van der Waals surface area (Å²) in [6, 6.07) is -0.757. The van der Waals surface area contributed by atoms with Gasteiger partial charge in [0.15, 0.2) is 0 Å². The molecule has 0 heterocycles. The molecule has 4 nitrogen and oxygen atoms in total. The van der Waals surface area contributed by atoms with E-state index in [9.17, 15) is 14.7 Å². The Kier molecular flexibility index (Phi) is 24.3. The van der Waals surface area contributed by atoms with Crippen LogP contribution in [0.5, 0.6) is 0 Å². The molecule has 0 rings (SSSR count). The molecule has 202 valence electrons. The minimum Gasteiger partial charge on any atom is -0.480 e. The Morgan fingerprint density at radius 3 is 1.21 bits per heavy atom. The van der Waals surface area contributed by atoms with Gasteiger partial charge in [-0.3, -0.25) is 4.79 Å². The molecule has 0 bridgehead atoms. The monoisotopic (exact) mass is 481 g/mol. The molecule has 4 heteroatoms. The minimum absolute atomic E-state index is 0.0406. The van der Waals surface area contributed by atoms with Gasteiger partial charge in [0, 0.05) is 6.42 Å². The van der Waals surface area contributed by atoms with Gasteiger partial charge < -0.3 is 10.4 Å². The first-order valence-corrected chi connectivity index (χ1v) is 15.0. The van der Waals surface area contributed by atoms with E-state index in [1.807, 2.05) is 13.8 Å². The topological polar surface area (TPSA) is 66.4 Å². The number of carboxylic acids is 1. The molecular formula is C30H59NO3. The standard InChI is InChI=1S/C30H59NO3/c1-4-6-7-8-9-10-11-12-13-14-15-16-17-18-19-20-21-22-23-24-25-26-28(32)31-29(30(33)34)27(3)5-2/h27,29H,4-26H2,1-3H3,(H,31,32)(H,33,34)/t27-,29-/m0/s1. The second-order valence-electron chi connectivity index (χ2n) is 10.6. The molecule has 0 radical (unpaired) electrons. The Morgan fingerprint density at radius 2 is 0.912 bits per heavy atom. The van der Waals surface area contributed by atoms with Crippen molar-refractivity contribution in [3.05, 3.63) is 0 Å². The minimum atomic E-state index is -0.929. The Balaban J connectivity index is 3.31. The molecular weight excluding hydrogens is 422 g/mol. The van der Waals surface area contributed by atoms with Crippen molar-refractivity contribution in [2.75, 3.05) is 0 Å². The van der Waals surface area contributed by atoms with Gasteiger partial charge in [-0.15, -0.1) is 0 Å². The maximum atomic E-state index is 12.0. The first-order chi connectivity index (χ1) is 16.5. The largest absolute Gasteiger partial charge is 0.480 e. The summed E-state index contributed by atoms with van der Waals surface area (Å²) >= 11 is 0. The lowest BCUT2D eigenvalue weighted by atomic mass is 9.99. The fraction of sp³-hybridized carbons (Fsp3) is 0.933. The van der Waals surface area contributed by atoms with Crippen LogP contribution in [0.15, 0.2) is 0 Å². The summed E-state index contributed by atoms with van der Waals surface area (Å²) in [5, 5.41) is 11.9. The van der Waals surface area contributed by atoms with Crippen molar-refractivity contribution >= 4 is 11.9 Å². The predicted molar refractivity (Wildman–Crippen MR) is 146 cm³/mol. The van der Waals surface area contributed by atoms with E-state index in [0.29, 0.717) is 6.42 Å². The number of carbonyl (C=O) groups is 2. The van der Waals surface area contributed by atoms with E-state index in [1.54, 1.807) is 0 Å². The highest BCUT2D eigenvalue weighted by atomic mass is 16.4. The molecule has 2 atom stereocenters. The first kappa shape index (κ1) is 32.9. The van der Waals surface area contributed by atoms with Gasteiger partial charge in [0.1, 0.15) is 6.04 Å². The van der Waals surface area contributed by atoms with E-state index in [1.165, 1.54) is 122 Å². The normalized spacial score (nSPS) is 13.0. The Bertz CT molecular complexity index is 466. The van der Waals surface area contributed by atoms with Crippen LogP contribution >= 0.6 is 0 Å². The zero-order chi connectivity index (χ0) is 25.3. The van der Waals surface area contributed by atoms with Crippen molar-refractivity contribution in [3.8, 4) is 0 Å². The van der Waals surface area contributed by atoms with Crippen molar-refractivity contribution in [1.29, 1.82) is 0 Å². The molecule has 0 aliphatic heterocycles. The van der Waals surface area contributed by atoms with E-state index in [0.717, 1.165) is 19.3 Å². The Labute approximate surface area is 212 Å². The average molecular weight is 482 g/mol. The zero-order valence-electron chi connectivity index (χ0n) is 23.2. The van der Waals surface area contributed by atoms with Gasteiger partial charge in [-0.2, -0.15) is 0 Å². The summed E-state index contributed by atoms with van der Waals surface area (Å²) in [6.45, 7) is 6.11. The maximum absolute atomic E-state index is 12.0. The summed E-state index contributed by atoms with van der Waals surface area (Å²) in [4.78, 5) is 23.3. The van der Waals surface area contributed by atoms with E-state index in [4.69, 9.17) is 0 Å². The lowest BCUT2D eigenvalue weighted by Gasteiger charge is -2.20. The van der Waals surface area contributed by atoms with Gasteiger partial charge in [-0.1, -0.05) is 156 Å². The van der Waals surface area contributed by atoms with Crippen molar-refractivity contribution in [2.24, 2.45) is 5.92 Å². The molecule has 2 N–H and O–H groups in total. The fourth-order valence-electron chi connectivity index (χ4n) is 4.65. The number of rotatable bonds is 26. The van der Waals surface area contributed by atoms with E-state index >= 15 is 0 Å². The van der Waals surface area contributed by atoms with E-state index in [2.05, 4.69) is 12.2 Å². The molecule has 0 spiro atoms. The second kappa shape index (κ2) is 25.0.